The van der Waals surface area contributed by atoms with Crippen molar-refractivity contribution in [2.45, 2.75) is 32.8 Å². The Morgan fingerprint density at radius 1 is 1.35 bits per heavy atom. The van der Waals surface area contributed by atoms with Gasteiger partial charge in [0, 0.05) is 5.56 Å². The lowest BCUT2D eigenvalue weighted by molar-refractivity contribution is -0.0512. The van der Waals surface area contributed by atoms with E-state index in [2.05, 4.69) is 11.7 Å². The van der Waals surface area contributed by atoms with Gasteiger partial charge in [-0.3, -0.25) is 4.79 Å². The van der Waals surface area contributed by atoms with Crippen LogP contribution in [0.3, 0.4) is 0 Å². The van der Waals surface area contributed by atoms with Gasteiger partial charge in [-0.05, 0) is 30.7 Å². The topological polar surface area (TPSA) is 35.5 Å². The summed E-state index contributed by atoms with van der Waals surface area (Å²) < 4.78 is 33.6. The fraction of sp³-hybridized carbons (Fsp3) is 0.400. The Morgan fingerprint density at radius 2 is 2.10 bits per heavy atom. The maximum atomic E-state index is 12.2. The van der Waals surface area contributed by atoms with Crippen molar-refractivity contribution in [2.75, 3.05) is 7.11 Å². The summed E-state index contributed by atoms with van der Waals surface area (Å²) >= 11 is 0. The Morgan fingerprint density at radius 3 is 2.70 bits per heavy atom. The molecule has 0 bridgehead atoms. The fourth-order valence-electron chi connectivity index (χ4n) is 1.62. The van der Waals surface area contributed by atoms with Crippen LogP contribution in [0.5, 0.6) is 11.5 Å². The zero-order valence-electron chi connectivity index (χ0n) is 11.6. The molecule has 0 saturated heterocycles. The Kier molecular flexibility index (Phi) is 6.70. The number of rotatable bonds is 8. The molecule has 1 rings (SSSR count). The molecule has 3 nitrogen and oxygen atoms in total. The Hall–Kier alpha value is -1.91. The van der Waals surface area contributed by atoms with Crippen LogP contribution in [-0.2, 0) is 0 Å². The predicted octanol–water partition coefficient (Wildman–Crippen LogP) is 4.23. The van der Waals surface area contributed by atoms with Crippen molar-refractivity contribution in [3.8, 4) is 11.5 Å². The van der Waals surface area contributed by atoms with Crippen molar-refractivity contribution < 1.29 is 23.0 Å². The molecule has 1 aromatic rings. The summed E-state index contributed by atoms with van der Waals surface area (Å²) in [5.41, 5.74) is 0.371. The van der Waals surface area contributed by atoms with Crippen LogP contribution < -0.4 is 9.47 Å². The van der Waals surface area contributed by atoms with E-state index in [1.54, 1.807) is 0 Å². The summed E-state index contributed by atoms with van der Waals surface area (Å²) in [5.74, 6) is -0.171. The van der Waals surface area contributed by atoms with Crippen LogP contribution in [0.15, 0.2) is 30.4 Å². The molecule has 0 atom stereocenters. The van der Waals surface area contributed by atoms with Crippen molar-refractivity contribution in [3.63, 3.8) is 0 Å². The van der Waals surface area contributed by atoms with Crippen molar-refractivity contribution in [3.05, 3.63) is 35.9 Å². The largest absolute Gasteiger partial charge is 0.493 e. The van der Waals surface area contributed by atoms with E-state index in [0.717, 1.165) is 19.3 Å². The highest BCUT2D eigenvalue weighted by molar-refractivity contribution is 6.04. The molecule has 0 spiro atoms. The number of alkyl halides is 2. The first kappa shape index (κ1) is 16.1. The van der Waals surface area contributed by atoms with Crippen LogP contribution in [-0.4, -0.2) is 19.5 Å². The van der Waals surface area contributed by atoms with Crippen molar-refractivity contribution in [1.29, 1.82) is 0 Å². The lowest BCUT2D eigenvalue weighted by Crippen LogP contribution is -2.04. The molecule has 0 aliphatic rings. The second-order valence-electron chi connectivity index (χ2n) is 4.15. The molecule has 20 heavy (non-hydrogen) atoms. The predicted molar refractivity (Wildman–Crippen MR) is 72.6 cm³/mol. The number of allylic oxidation sites excluding steroid dienone is 2. The Labute approximate surface area is 117 Å². The first-order valence-electron chi connectivity index (χ1n) is 6.42. The van der Waals surface area contributed by atoms with Crippen LogP contribution in [0.2, 0.25) is 0 Å². The first-order chi connectivity index (χ1) is 9.58. The molecule has 0 unspecified atom stereocenters. The maximum absolute atomic E-state index is 12.2. The molecule has 0 saturated carbocycles. The molecule has 0 radical (unpaired) electrons. The minimum atomic E-state index is -2.93. The molecule has 5 heteroatoms. The van der Waals surface area contributed by atoms with E-state index in [9.17, 15) is 13.6 Å². The van der Waals surface area contributed by atoms with Crippen LogP contribution in [0.1, 0.15) is 36.5 Å². The molecule has 0 aromatic heterocycles. The minimum Gasteiger partial charge on any atom is -0.493 e. The number of unbranched alkanes of at least 4 members (excludes halogenated alkanes) is 2. The molecule has 110 valence electrons. The molecule has 1 aromatic carbocycles. The van der Waals surface area contributed by atoms with Gasteiger partial charge in [0.15, 0.2) is 17.3 Å². The quantitative estimate of drug-likeness (QED) is 0.407. The zero-order valence-corrected chi connectivity index (χ0v) is 11.6. The van der Waals surface area contributed by atoms with Gasteiger partial charge in [0.1, 0.15) is 0 Å². The number of methoxy groups -OCH3 is 1. The molecule has 0 aliphatic carbocycles. The molecular weight excluding hydrogens is 266 g/mol. The number of hydrogen-bond donors (Lipinski definition) is 0. The van der Waals surface area contributed by atoms with Gasteiger partial charge in [0.25, 0.3) is 0 Å². The molecule has 0 aliphatic heterocycles. The van der Waals surface area contributed by atoms with Gasteiger partial charge in [-0.1, -0.05) is 25.8 Å². The van der Waals surface area contributed by atoms with E-state index < -0.39 is 6.61 Å². The van der Waals surface area contributed by atoms with E-state index in [1.807, 2.05) is 6.08 Å². The van der Waals surface area contributed by atoms with Gasteiger partial charge in [-0.2, -0.15) is 8.78 Å². The Balaban J connectivity index is 2.81. The summed E-state index contributed by atoms with van der Waals surface area (Å²) in [7, 11) is 1.33. The van der Waals surface area contributed by atoms with Crippen LogP contribution in [0.25, 0.3) is 0 Å². The number of benzene rings is 1. The summed E-state index contributed by atoms with van der Waals surface area (Å²) in [4.78, 5) is 11.9. The first-order valence-corrected chi connectivity index (χ1v) is 6.42. The second kappa shape index (κ2) is 8.30. The number of ketones is 1. The highest BCUT2D eigenvalue weighted by Gasteiger charge is 2.12. The van der Waals surface area contributed by atoms with Gasteiger partial charge in [-0.25, -0.2) is 0 Å². The lowest BCUT2D eigenvalue weighted by atomic mass is 10.1. The highest BCUT2D eigenvalue weighted by atomic mass is 19.3. The third kappa shape index (κ3) is 4.99. The third-order valence-corrected chi connectivity index (χ3v) is 2.66. The van der Waals surface area contributed by atoms with E-state index in [-0.39, 0.29) is 17.3 Å². The van der Waals surface area contributed by atoms with Gasteiger partial charge in [0.05, 0.1) is 7.11 Å². The maximum Gasteiger partial charge on any atom is 0.387 e. The molecule has 0 fully saturated rings. The van der Waals surface area contributed by atoms with Gasteiger partial charge in [0.2, 0.25) is 0 Å². The number of ether oxygens (including phenoxy) is 2. The van der Waals surface area contributed by atoms with Crippen LogP contribution in [0.4, 0.5) is 8.78 Å². The number of carbonyl (C=O) groups excluding carboxylic acids is 1. The van der Waals surface area contributed by atoms with Crippen LogP contribution >= 0.6 is 0 Å². The summed E-state index contributed by atoms with van der Waals surface area (Å²) in [6.07, 6.45) is 6.21. The molecule has 0 N–H and O–H groups in total. The number of hydrogen-bond acceptors (Lipinski definition) is 3. The number of halogens is 2. The molecular formula is C15H18F2O3. The van der Waals surface area contributed by atoms with E-state index >= 15 is 0 Å². The molecule has 0 amide bonds. The van der Waals surface area contributed by atoms with E-state index in [0.29, 0.717) is 5.56 Å². The smallest absolute Gasteiger partial charge is 0.387 e. The van der Waals surface area contributed by atoms with Crippen molar-refractivity contribution in [1.82, 2.24) is 0 Å². The van der Waals surface area contributed by atoms with E-state index in [1.165, 1.54) is 31.4 Å². The minimum absolute atomic E-state index is 0.0889. The SMILES string of the molecule is CCCC/C=C/C(=O)c1ccc(OC(F)F)c(OC)c1. The number of carbonyl (C=O) groups is 1. The average molecular weight is 284 g/mol. The van der Waals surface area contributed by atoms with Gasteiger partial charge in [-0.15, -0.1) is 0 Å². The summed E-state index contributed by atoms with van der Waals surface area (Å²) in [6.45, 7) is -0.859. The fourth-order valence-corrected chi connectivity index (χ4v) is 1.62. The highest BCUT2D eigenvalue weighted by Crippen LogP contribution is 2.29. The Bertz CT molecular complexity index is 470. The monoisotopic (exact) mass is 284 g/mol. The second-order valence-corrected chi connectivity index (χ2v) is 4.15. The van der Waals surface area contributed by atoms with Crippen molar-refractivity contribution >= 4 is 5.78 Å². The van der Waals surface area contributed by atoms with Gasteiger partial charge >= 0.3 is 6.61 Å². The zero-order chi connectivity index (χ0) is 15.0. The summed E-state index contributed by atoms with van der Waals surface area (Å²) in [5, 5.41) is 0. The average Bonchev–Trinajstić information content (AvgIpc) is 2.43. The van der Waals surface area contributed by atoms with Gasteiger partial charge < -0.3 is 9.47 Å². The van der Waals surface area contributed by atoms with E-state index in [4.69, 9.17) is 4.74 Å². The third-order valence-electron chi connectivity index (χ3n) is 2.66. The standard InChI is InChI=1S/C15H18F2O3/c1-3-4-5-6-7-12(18)11-8-9-13(20-15(16)17)14(10-11)19-2/h6-10,15H,3-5H2,1-2H3/b7-6+. The molecule has 0 heterocycles. The van der Waals surface area contributed by atoms with Crippen LogP contribution in [0, 0.1) is 0 Å². The lowest BCUT2D eigenvalue weighted by Gasteiger charge is -2.10. The summed E-state index contributed by atoms with van der Waals surface area (Å²) in [6, 6.07) is 4.13. The van der Waals surface area contributed by atoms with Crippen molar-refractivity contribution in [2.24, 2.45) is 0 Å². The normalized spacial score (nSPS) is 11.1.